The first kappa shape index (κ1) is 26.5. The van der Waals surface area contributed by atoms with Crippen LogP contribution in [0.15, 0.2) is 53.4 Å². The molecular weight excluding hydrogens is 554 g/mol. The van der Waals surface area contributed by atoms with Crippen LogP contribution in [0.2, 0.25) is 10.0 Å². The minimum absolute atomic E-state index is 0.0331. The Morgan fingerprint density at radius 3 is 2.62 bits per heavy atom. The normalized spacial score (nSPS) is 11.3. The van der Waals surface area contributed by atoms with E-state index in [-0.39, 0.29) is 38.7 Å². The smallest absolute Gasteiger partial charge is 0.405 e. The highest BCUT2D eigenvalue weighted by Gasteiger charge is 2.29. The molecule has 0 unspecified atom stereocenters. The number of nitrogens with zero attached hydrogens (tertiary/aromatic N) is 3. The zero-order chi connectivity index (χ0) is 26.7. The molecule has 4 aromatic rings. The van der Waals surface area contributed by atoms with Gasteiger partial charge < -0.3 is 15.4 Å². The van der Waals surface area contributed by atoms with Gasteiger partial charge in [0.05, 0.1) is 16.3 Å². The second-order valence-corrected chi connectivity index (χ2v) is 9.17. The topological polar surface area (TPSA) is 98.1 Å². The van der Waals surface area contributed by atoms with Crippen molar-refractivity contribution in [2.45, 2.75) is 13.1 Å². The number of thiophene rings is 1. The van der Waals surface area contributed by atoms with Crippen LogP contribution in [0.25, 0.3) is 5.82 Å². The Bertz CT molecular complexity index is 1460. The van der Waals surface area contributed by atoms with Crippen molar-refractivity contribution in [2.24, 2.45) is 0 Å². The van der Waals surface area contributed by atoms with Crippen LogP contribution >= 0.6 is 34.5 Å². The van der Waals surface area contributed by atoms with Crippen LogP contribution in [0.1, 0.15) is 26.4 Å². The summed E-state index contributed by atoms with van der Waals surface area (Å²) < 4.78 is 44.8. The van der Waals surface area contributed by atoms with Gasteiger partial charge in [-0.05, 0) is 48.2 Å². The van der Waals surface area contributed by atoms with Gasteiger partial charge >= 0.3 is 6.18 Å². The summed E-state index contributed by atoms with van der Waals surface area (Å²) in [6.45, 7) is -0.0148. The summed E-state index contributed by atoms with van der Waals surface area (Å²) in [5.74, 6) is -1.15. The van der Waals surface area contributed by atoms with E-state index in [9.17, 15) is 22.8 Å². The van der Waals surface area contributed by atoms with E-state index < -0.39 is 24.5 Å². The molecule has 1 aromatic carbocycles. The predicted molar refractivity (Wildman–Crippen MR) is 133 cm³/mol. The molecule has 0 bridgehead atoms. The minimum Gasteiger partial charge on any atom is -0.437 e. The van der Waals surface area contributed by atoms with Crippen molar-refractivity contribution < 1.29 is 27.5 Å². The summed E-state index contributed by atoms with van der Waals surface area (Å²) in [7, 11) is 0. The number of carbonyl (C=O) groups is 2. The van der Waals surface area contributed by atoms with Crippen molar-refractivity contribution >= 4 is 52.0 Å². The van der Waals surface area contributed by atoms with E-state index in [1.54, 1.807) is 41.2 Å². The van der Waals surface area contributed by atoms with E-state index in [1.165, 1.54) is 29.7 Å². The van der Waals surface area contributed by atoms with E-state index >= 15 is 0 Å². The van der Waals surface area contributed by atoms with E-state index in [1.807, 2.05) is 0 Å². The number of ether oxygens (including phenoxy) is 1. The molecule has 0 spiro atoms. The van der Waals surface area contributed by atoms with Crippen LogP contribution < -0.4 is 15.4 Å². The fourth-order valence-corrected chi connectivity index (χ4v) is 4.26. The number of benzene rings is 1. The van der Waals surface area contributed by atoms with Crippen LogP contribution in [-0.2, 0) is 0 Å². The lowest BCUT2D eigenvalue weighted by atomic mass is 10.1. The number of pyridine rings is 1. The number of nitrogens with one attached hydrogen (secondary N) is 2. The van der Waals surface area contributed by atoms with E-state index in [0.717, 1.165) is 10.7 Å². The Morgan fingerprint density at radius 2 is 1.95 bits per heavy atom. The first-order chi connectivity index (χ1) is 17.5. The van der Waals surface area contributed by atoms with Gasteiger partial charge in [0.25, 0.3) is 11.8 Å². The maximum Gasteiger partial charge on any atom is 0.405 e. The van der Waals surface area contributed by atoms with Crippen LogP contribution in [0, 0.1) is 6.92 Å². The third-order valence-electron chi connectivity index (χ3n) is 4.81. The van der Waals surface area contributed by atoms with Crippen molar-refractivity contribution in [1.29, 1.82) is 0 Å². The summed E-state index contributed by atoms with van der Waals surface area (Å²) in [5, 5.41) is 12.5. The summed E-state index contributed by atoms with van der Waals surface area (Å²) in [6.07, 6.45) is -3.17. The first-order valence-corrected chi connectivity index (χ1v) is 12.1. The summed E-state index contributed by atoms with van der Waals surface area (Å²) >= 11 is 13.7. The van der Waals surface area contributed by atoms with Crippen molar-refractivity contribution in [2.75, 3.05) is 11.9 Å². The summed E-state index contributed by atoms with van der Waals surface area (Å²) in [5.41, 5.74) is -0.00922. The van der Waals surface area contributed by atoms with Gasteiger partial charge in [-0.1, -0.05) is 23.2 Å². The molecule has 14 heteroatoms. The number of anilines is 1. The molecular formula is C23H16Cl2F3N5O3S. The van der Waals surface area contributed by atoms with Crippen LogP contribution in [0.4, 0.5) is 18.9 Å². The number of halogens is 5. The lowest BCUT2D eigenvalue weighted by molar-refractivity contribution is -0.123. The Morgan fingerprint density at radius 1 is 1.16 bits per heavy atom. The van der Waals surface area contributed by atoms with Crippen molar-refractivity contribution in [3.63, 3.8) is 0 Å². The minimum atomic E-state index is -4.63. The molecule has 4 rings (SSSR count). The molecule has 0 radical (unpaired) electrons. The Balaban J connectivity index is 1.71. The number of alkyl halides is 3. The molecule has 0 saturated carbocycles. The van der Waals surface area contributed by atoms with Gasteiger partial charge in [-0.3, -0.25) is 9.59 Å². The van der Waals surface area contributed by atoms with Crippen molar-refractivity contribution in [3.05, 3.63) is 80.2 Å². The number of hydrogen-bond donors (Lipinski definition) is 2. The van der Waals surface area contributed by atoms with Gasteiger partial charge in [-0.15, -0.1) is 16.4 Å². The number of aryl methyl sites for hydroxylation is 1. The highest BCUT2D eigenvalue weighted by Crippen LogP contribution is 2.30. The van der Waals surface area contributed by atoms with Crippen LogP contribution in [0.3, 0.4) is 0 Å². The number of aromatic nitrogens is 3. The number of carbonyl (C=O) groups excluding carboxylic acids is 2. The fourth-order valence-electron chi connectivity index (χ4n) is 3.24. The number of hydrogen-bond acceptors (Lipinski definition) is 6. The Kier molecular flexibility index (Phi) is 7.71. The molecule has 37 heavy (non-hydrogen) atoms. The maximum atomic E-state index is 13.4. The summed E-state index contributed by atoms with van der Waals surface area (Å²) in [6, 6.07) is 8.82. The van der Waals surface area contributed by atoms with Gasteiger partial charge in [0.2, 0.25) is 5.88 Å². The molecule has 0 atom stereocenters. The zero-order valence-electron chi connectivity index (χ0n) is 18.8. The second-order valence-electron chi connectivity index (χ2n) is 7.55. The molecule has 0 fully saturated rings. The Labute approximate surface area is 222 Å². The van der Waals surface area contributed by atoms with Crippen LogP contribution in [-0.4, -0.2) is 39.3 Å². The SMILES string of the molecule is Cc1cc(Cl)cc(C(=O)NCC(F)(F)F)c1NC(=O)c1cc(Oc2ccsc2)nn1-c1ncccc1Cl. The average Bonchev–Trinajstić information content (AvgIpc) is 3.49. The predicted octanol–water partition coefficient (Wildman–Crippen LogP) is 6.28. The second kappa shape index (κ2) is 10.8. The van der Waals surface area contributed by atoms with Gasteiger partial charge in [-0.25, -0.2) is 9.67 Å². The first-order valence-electron chi connectivity index (χ1n) is 10.4. The third kappa shape index (κ3) is 6.40. The van der Waals surface area contributed by atoms with Gasteiger partial charge in [0.1, 0.15) is 18.0 Å². The molecule has 2 amide bonds. The molecule has 0 aliphatic rings. The molecule has 3 aromatic heterocycles. The summed E-state index contributed by atoms with van der Waals surface area (Å²) in [4.78, 5) is 30.2. The lowest BCUT2D eigenvalue weighted by Gasteiger charge is -2.16. The molecule has 0 saturated heterocycles. The average molecular weight is 570 g/mol. The monoisotopic (exact) mass is 569 g/mol. The highest BCUT2D eigenvalue weighted by molar-refractivity contribution is 7.08. The lowest BCUT2D eigenvalue weighted by Crippen LogP contribution is -2.34. The highest BCUT2D eigenvalue weighted by atomic mass is 35.5. The number of amides is 2. The van der Waals surface area contributed by atoms with Gasteiger partial charge in [0, 0.05) is 22.7 Å². The quantitative estimate of drug-likeness (QED) is 0.273. The van der Waals surface area contributed by atoms with E-state index in [4.69, 9.17) is 27.9 Å². The van der Waals surface area contributed by atoms with Gasteiger partial charge in [0.15, 0.2) is 5.82 Å². The van der Waals surface area contributed by atoms with E-state index in [2.05, 4.69) is 15.4 Å². The number of rotatable bonds is 7. The van der Waals surface area contributed by atoms with Gasteiger partial charge in [-0.2, -0.15) is 13.2 Å². The largest absolute Gasteiger partial charge is 0.437 e. The standard InChI is InChI=1S/C23H16Cl2F3N5O3S/c1-12-7-13(24)8-15(21(34)30-11-23(26,27)28)19(12)31-22(35)17-9-18(36-14-4-6-37-10-14)32-33(17)20-16(25)3-2-5-29-20/h2-10H,11H2,1H3,(H,30,34)(H,31,35). The molecule has 192 valence electrons. The Hall–Kier alpha value is -3.61. The molecule has 0 aliphatic heterocycles. The van der Waals surface area contributed by atoms with E-state index in [0.29, 0.717) is 11.3 Å². The molecule has 8 nitrogen and oxygen atoms in total. The molecule has 3 heterocycles. The van der Waals surface area contributed by atoms with Crippen LogP contribution in [0.5, 0.6) is 11.6 Å². The zero-order valence-corrected chi connectivity index (χ0v) is 21.1. The molecule has 0 aliphatic carbocycles. The molecule has 2 N–H and O–H groups in total. The van der Waals surface area contributed by atoms with Crippen molar-refractivity contribution in [3.8, 4) is 17.4 Å². The fraction of sp³-hybridized carbons (Fsp3) is 0.130. The third-order valence-corrected chi connectivity index (χ3v) is 5.98. The maximum absolute atomic E-state index is 13.4. The van der Waals surface area contributed by atoms with Crippen molar-refractivity contribution in [1.82, 2.24) is 20.1 Å².